The first-order valence-corrected chi connectivity index (χ1v) is 3.55. The highest BCUT2D eigenvalue weighted by Crippen LogP contribution is 2.44. The lowest BCUT2D eigenvalue weighted by atomic mass is 10.1. The SMILES string of the molecule is C=CCNC(=O)C1(C#N)CC1. The monoisotopic (exact) mass is 150 g/mol. The van der Waals surface area contributed by atoms with E-state index in [-0.39, 0.29) is 5.91 Å². The van der Waals surface area contributed by atoms with Crippen molar-refractivity contribution in [3.63, 3.8) is 0 Å². The van der Waals surface area contributed by atoms with E-state index in [9.17, 15) is 4.79 Å². The molecule has 0 aliphatic heterocycles. The van der Waals surface area contributed by atoms with Crippen LogP contribution in [-0.2, 0) is 4.79 Å². The van der Waals surface area contributed by atoms with Crippen LogP contribution in [0.2, 0.25) is 0 Å². The lowest BCUT2D eigenvalue weighted by Crippen LogP contribution is -2.31. The van der Waals surface area contributed by atoms with Gasteiger partial charge >= 0.3 is 0 Å². The highest BCUT2D eigenvalue weighted by atomic mass is 16.2. The molecular formula is C8H10N2O. The summed E-state index contributed by atoms with van der Waals surface area (Å²) in [6.45, 7) is 3.91. The first-order valence-electron chi connectivity index (χ1n) is 3.55. The zero-order valence-corrected chi connectivity index (χ0v) is 6.26. The van der Waals surface area contributed by atoms with Crippen molar-refractivity contribution in [1.29, 1.82) is 5.26 Å². The van der Waals surface area contributed by atoms with Crippen molar-refractivity contribution >= 4 is 5.91 Å². The molecule has 58 valence electrons. The van der Waals surface area contributed by atoms with Gasteiger partial charge in [0.25, 0.3) is 0 Å². The molecule has 1 amide bonds. The maximum absolute atomic E-state index is 11.1. The highest BCUT2D eigenvalue weighted by molar-refractivity contribution is 5.88. The molecule has 0 atom stereocenters. The lowest BCUT2D eigenvalue weighted by molar-refractivity contribution is -0.124. The molecule has 0 heterocycles. The number of hydrogen-bond donors (Lipinski definition) is 1. The second-order valence-electron chi connectivity index (χ2n) is 2.69. The van der Waals surface area contributed by atoms with Crippen molar-refractivity contribution in [2.75, 3.05) is 6.54 Å². The van der Waals surface area contributed by atoms with Gasteiger partial charge in [-0.25, -0.2) is 0 Å². The number of carbonyl (C=O) groups excluding carboxylic acids is 1. The Hall–Kier alpha value is -1.30. The van der Waals surface area contributed by atoms with Crippen LogP contribution in [0.5, 0.6) is 0 Å². The van der Waals surface area contributed by atoms with Gasteiger partial charge in [0.15, 0.2) is 0 Å². The topological polar surface area (TPSA) is 52.9 Å². The molecule has 0 radical (unpaired) electrons. The number of nitrogens with zero attached hydrogens (tertiary/aromatic N) is 1. The minimum atomic E-state index is -0.691. The predicted molar refractivity (Wildman–Crippen MR) is 40.5 cm³/mol. The van der Waals surface area contributed by atoms with Crippen LogP contribution in [0.25, 0.3) is 0 Å². The lowest BCUT2D eigenvalue weighted by Gasteiger charge is -2.04. The molecule has 1 fully saturated rings. The van der Waals surface area contributed by atoms with Crippen molar-refractivity contribution in [3.8, 4) is 6.07 Å². The minimum absolute atomic E-state index is 0.153. The maximum atomic E-state index is 11.1. The minimum Gasteiger partial charge on any atom is -0.351 e. The van der Waals surface area contributed by atoms with Crippen LogP contribution in [0.3, 0.4) is 0 Å². The van der Waals surface area contributed by atoms with Gasteiger partial charge in [-0.15, -0.1) is 6.58 Å². The zero-order chi connectivity index (χ0) is 8.32. The van der Waals surface area contributed by atoms with E-state index in [1.807, 2.05) is 6.07 Å². The summed E-state index contributed by atoms with van der Waals surface area (Å²) < 4.78 is 0. The quantitative estimate of drug-likeness (QED) is 0.599. The summed E-state index contributed by atoms with van der Waals surface area (Å²) in [4.78, 5) is 11.1. The molecule has 0 aromatic heterocycles. The summed E-state index contributed by atoms with van der Waals surface area (Å²) in [5.41, 5.74) is -0.691. The molecule has 1 aliphatic carbocycles. The number of hydrogen-bond acceptors (Lipinski definition) is 2. The fraction of sp³-hybridized carbons (Fsp3) is 0.500. The van der Waals surface area contributed by atoms with E-state index in [0.717, 1.165) is 0 Å². The second-order valence-corrected chi connectivity index (χ2v) is 2.69. The van der Waals surface area contributed by atoms with Crippen molar-refractivity contribution in [1.82, 2.24) is 5.32 Å². The Morgan fingerprint density at radius 2 is 2.45 bits per heavy atom. The Balaban J connectivity index is 2.43. The summed E-state index contributed by atoms with van der Waals surface area (Å²) in [6.07, 6.45) is 3.00. The van der Waals surface area contributed by atoms with Crippen LogP contribution in [-0.4, -0.2) is 12.5 Å². The Labute approximate surface area is 65.7 Å². The number of amides is 1. The standard InChI is InChI=1S/C8H10N2O/c1-2-5-10-7(11)8(6-9)3-4-8/h2H,1,3-5H2,(H,10,11). The molecule has 1 rings (SSSR count). The maximum Gasteiger partial charge on any atom is 0.240 e. The molecule has 0 bridgehead atoms. The van der Waals surface area contributed by atoms with E-state index in [0.29, 0.717) is 19.4 Å². The van der Waals surface area contributed by atoms with Gasteiger partial charge < -0.3 is 5.32 Å². The third-order valence-corrected chi connectivity index (χ3v) is 1.81. The third-order valence-electron chi connectivity index (χ3n) is 1.81. The highest BCUT2D eigenvalue weighted by Gasteiger charge is 2.50. The molecule has 0 saturated heterocycles. The fourth-order valence-corrected chi connectivity index (χ4v) is 0.849. The molecule has 11 heavy (non-hydrogen) atoms. The van der Waals surface area contributed by atoms with Crippen molar-refractivity contribution in [2.24, 2.45) is 5.41 Å². The van der Waals surface area contributed by atoms with E-state index in [2.05, 4.69) is 11.9 Å². The normalized spacial score (nSPS) is 18.1. The number of carbonyl (C=O) groups is 1. The summed E-state index contributed by atoms with van der Waals surface area (Å²) >= 11 is 0. The summed E-state index contributed by atoms with van der Waals surface area (Å²) in [6, 6.07) is 2.01. The predicted octanol–water partition coefficient (Wildman–Crippen LogP) is 0.592. The molecule has 0 aromatic carbocycles. The van der Waals surface area contributed by atoms with Crippen molar-refractivity contribution in [3.05, 3.63) is 12.7 Å². The molecular weight excluding hydrogens is 140 g/mol. The van der Waals surface area contributed by atoms with Crippen LogP contribution in [0, 0.1) is 16.7 Å². The molecule has 1 N–H and O–H groups in total. The van der Waals surface area contributed by atoms with Crippen LogP contribution in [0.1, 0.15) is 12.8 Å². The largest absolute Gasteiger partial charge is 0.351 e. The van der Waals surface area contributed by atoms with E-state index in [4.69, 9.17) is 5.26 Å². The number of nitrogens with one attached hydrogen (secondary N) is 1. The van der Waals surface area contributed by atoms with Gasteiger partial charge in [-0.2, -0.15) is 5.26 Å². The molecule has 0 aromatic rings. The molecule has 1 aliphatic rings. The first kappa shape index (κ1) is 7.80. The Morgan fingerprint density at radius 1 is 1.82 bits per heavy atom. The third kappa shape index (κ3) is 1.40. The smallest absolute Gasteiger partial charge is 0.240 e. The van der Waals surface area contributed by atoms with E-state index < -0.39 is 5.41 Å². The second kappa shape index (κ2) is 2.75. The first-order chi connectivity index (χ1) is 5.25. The van der Waals surface area contributed by atoms with E-state index in [1.54, 1.807) is 6.08 Å². The van der Waals surface area contributed by atoms with Gasteiger partial charge in [0.05, 0.1) is 6.07 Å². The Bertz CT molecular complexity index is 223. The summed E-state index contributed by atoms with van der Waals surface area (Å²) in [5.74, 6) is -0.153. The average molecular weight is 150 g/mol. The Kier molecular flexibility index (Phi) is 1.95. The van der Waals surface area contributed by atoms with Crippen molar-refractivity contribution < 1.29 is 4.79 Å². The van der Waals surface area contributed by atoms with Gasteiger partial charge in [0.1, 0.15) is 5.41 Å². The van der Waals surface area contributed by atoms with Crippen LogP contribution in [0.4, 0.5) is 0 Å². The molecule has 1 saturated carbocycles. The van der Waals surface area contributed by atoms with Crippen LogP contribution < -0.4 is 5.32 Å². The van der Waals surface area contributed by atoms with Gasteiger partial charge in [-0.3, -0.25) is 4.79 Å². The molecule has 3 heteroatoms. The molecule has 0 unspecified atom stereocenters. The molecule has 0 spiro atoms. The number of rotatable bonds is 3. The summed E-state index contributed by atoms with van der Waals surface area (Å²) in [5, 5.41) is 11.2. The van der Waals surface area contributed by atoms with Gasteiger partial charge in [-0.1, -0.05) is 6.08 Å². The van der Waals surface area contributed by atoms with Gasteiger partial charge in [0, 0.05) is 6.54 Å². The van der Waals surface area contributed by atoms with Gasteiger partial charge in [0.2, 0.25) is 5.91 Å². The van der Waals surface area contributed by atoms with E-state index >= 15 is 0 Å². The van der Waals surface area contributed by atoms with Crippen molar-refractivity contribution in [2.45, 2.75) is 12.8 Å². The molecule has 3 nitrogen and oxygen atoms in total. The van der Waals surface area contributed by atoms with Crippen LogP contribution >= 0.6 is 0 Å². The number of nitriles is 1. The van der Waals surface area contributed by atoms with Crippen LogP contribution in [0.15, 0.2) is 12.7 Å². The van der Waals surface area contributed by atoms with Gasteiger partial charge in [-0.05, 0) is 12.8 Å². The zero-order valence-electron chi connectivity index (χ0n) is 6.26. The fourth-order valence-electron chi connectivity index (χ4n) is 0.849. The Morgan fingerprint density at radius 3 is 2.82 bits per heavy atom. The summed E-state index contributed by atoms with van der Waals surface area (Å²) in [7, 11) is 0. The van der Waals surface area contributed by atoms with E-state index in [1.165, 1.54) is 0 Å². The average Bonchev–Trinajstić information content (AvgIpc) is 2.80.